The molecule has 1 aromatic carbocycles. The third-order valence-corrected chi connectivity index (χ3v) is 3.83. The minimum Gasteiger partial charge on any atom is -0.481 e. The quantitative estimate of drug-likeness (QED) is 0.654. The first kappa shape index (κ1) is 14.4. The van der Waals surface area contributed by atoms with Gasteiger partial charge in [0, 0.05) is 11.8 Å². The van der Waals surface area contributed by atoms with Crippen LogP contribution in [0.2, 0.25) is 5.15 Å². The predicted molar refractivity (Wildman–Crippen MR) is 75.3 cm³/mol. The summed E-state index contributed by atoms with van der Waals surface area (Å²) in [5, 5.41) is 0.0619. The minimum absolute atomic E-state index is 0.0363. The van der Waals surface area contributed by atoms with Gasteiger partial charge in [0.15, 0.2) is 0 Å². The van der Waals surface area contributed by atoms with Crippen LogP contribution in [0.4, 0.5) is 11.6 Å². The Labute approximate surface area is 120 Å². The Balaban J connectivity index is 2.33. The van der Waals surface area contributed by atoms with Crippen LogP contribution >= 0.6 is 11.6 Å². The van der Waals surface area contributed by atoms with E-state index >= 15 is 0 Å². The SMILES string of the molecule is COc1cc(Cl)nc(NS(=O)(=O)c2ccc(N)cc2)n1. The number of aromatic nitrogens is 2. The lowest BCUT2D eigenvalue weighted by Crippen LogP contribution is -2.15. The third kappa shape index (κ3) is 3.28. The van der Waals surface area contributed by atoms with Crippen LogP contribution in [-0.2, 0) is 10.0 Å². The van der Waals surface area contributed by atoms with E-state index in [4.69, 9.17) is 22.1 Å². The number of anilines is 2. The molecular weight excluding hydrogens is 304 g/mol. The molecule has 0 amide bonds. The van der Waals surface area contributed by atoms with Gasteiger partial charge >= 0.3 is 0 Å². The van der Waals surface area contributed by atoms with Crippen LogP contribution in [0, 0.1) is 0 Å². The number of nitrogens with one attached hydrogen (secondary N) is 1. The molecule has 3 N–H and O–H groups in total. The minimum atomic E-state index is -3.82. The average Bonchev–Trinajstić information content (AvgIpc) is 2.37. The summed E-state index contributed by atoms with van der Waals surface area (Å²) in [7, 11) is -2.43. The molecule has 0 bridgehead atoms. The maximum atomic E-state index is 12.1. The van der Waals surface area contributed by atoms with E-state index in [1.807, 2.05) is 0 Å². The zero-order chi connectivity index (χ0) is 14.8. The summed E-state index contributed by atoms with van der Waals surface area (Å²) < 4.78 is 31.3. The molecule has 0 saturated carbocycles. The summed E-state index contributed by atoms with van der Waals surface area (Å²) in [6.45, 7) is 0. The van der Waals surface area contributed by atoms with Gasteiger partial charge in [-0.1, -0.05) is 11.6 Å². The van der Waals surface area contributed by atoms with Gasteiger partial charge in [-0.25, -0.2) is 18.1 Å². The molecule has 0 aliphatic rings. The molecular formula is C11H11ClN4O3S. The van der Waals surface area contributed by atoms with Crippen molar-refractivity contribution in [1.29, 1.82) is 0 Å². The van der Waals surface area contributed by atoms with Crippen LogP contribution in [0.25, 0.3) is 0 Å². The van der Waals surface area contributed by atoms with Crippen molar-refractivity contribution >= 4 is 33.3 Å². The van der Waals surface area contributed by atoms with Gasteiger partial charge in [-0.05, 0) is 24.3 Å². The monoisotopic (exact) mass is 314 g/mol. The van der Waals surface area contributed by atoms with Crippen molar-refractivity contribution in [2.45, 2.75) is 4.90 Å². The number of hydrogen-bond acceptors (Lipinski definition) is 6. The topological polar surface area (TPSA) is 107 Å². The highest BCUT2D eigenvalue weighted by Gasteiger charge is 2.16. The second-order valence-corrected chi connectivity index (χ2v) is 5.80. The molecule has 0 radical (unpaired) electrons. The molecule has 2 aromatic rings. The van der Waals surface area contributed by atoms with Crippen LogP contribution in [-0.4, -0.2) is 25.5 Å². The number of rotatable bonds is 4. The van der Waals surface area contributed by atoms with Crippen LogP contribution < -0.4 is 15.2 Å². The van der Waals surface area contributed by atoms with E-state index in [1.165, 1.54) is 37.4 Å². The molecule has 0 aliphatic carbocycles. The average molecular weight is 315 g/mol. The van der Waals surface area contributed by atoms with E-state index in [0.717, 1.165) is 0 Å². The van der Waals surface area contributed by atoms with Gasteiger partial charge in [0.2, 0.25) is 11.8 Å². The molecule has 1 heterocycles. The second kappa shape index (κ2) is 5.51. The number of halogens is 1. The zero-order valence-corrected chi connectivity index (χ0v) is 11.9. The molecule has 20 heavy (non-hydrogen) atoms. The van der Waals surface area contributed by atoms with Gasteiger partial charge in [-0.15, -0.1) is 0 Å². The Morgan fingerprint density at radius 2 is 1.90 bits per heavy atom. The first-order chi connectivity index (χ1) is 9.40. The van der Waals surface area contributed by atoms with Crippen molar-refractivity contribution in [3.05, 3.63) is 35.5 Å². The molecule has 2 rings (SSSR count). The summed E-state index contributed by atoms with van der Waals surface area (Å²) in [5.74, 6) is -0.0221. The van der Waals surface area contributed by atoms with E-state index in [2.05, 4.69) is 14.7 Å². The number of nitrogens with zero attached hydrogens (tertiary/aromatic N) is 2. The van der Waals surface area contributed by atoms with Gasteiger partial charge in [-0.3, -0.25) is 0 Å². The number of methoxy groups -OCH3 is 1. The third-order valence-electron chi connectivity index (χ3n) is 2.30. The molecule has 9 heteroatoms. The van der Waals surface area contributed by atoms with Crippen LogP contribution in [0.3, 0.4) is 0 Å². The van der Waals surface area contributed by atoms with Gasteiger partial charge in [0.05, 0.1) is 12.0 Å². The van der Waals surface area contributed by atoms with Gasteiger partial charge in [-0.2, -0.15) is 4.98 Å². The highest BCUT2D eigenvalue weighted by molar-refractivity contribution is 7.92. The van der Waals surface area contributed by atoms with Gasteiger partial charge < -0.3 is 10.5 Å². The lowest BCUT2D eigenvalue weighted by Gasteiger charge is -2.08. The van der Waals surface area contributed by atoms with Crippen molar-refractivity contribution in [2.75, 3.05) is 17.6 Å². The number of benzene rings is 1. The van der Waals surface area contributed by atoms with E-state index in [-0.39, 0.29) is 21.9 Å². The molecule has 0 atom stereocenters. The number of hydrogen-bond donors (Lipinski definition) is 2. The second-order valence-electron chi connectivity index (χ2n) is 3.73. The van der Waals surface area contributed by atoms with E-state index in [9.17, 15) is 8.42 Å². The number of sulfonamides is 1. The fourth-order valence-corrected chi connectivity index (χ4v) is 2.49. The van der Waals surface area contributed by atoms with Gasteiger partial charge in [0.1, 0.15) is 5.15 Å². The fourth-order valence-electron chi connectivity index (χ4n) is 1.37. The highest BCUT2D eigenvalue weighted by atomic mass is 35.5. The molecule has 1 aromatic heterocycles. The number of ether oxygens (including phenoxy) is 1. The molecule has 0 unspecified atom stereocenters. The van der Waals surface area contributed by atoms with E-state index in [1.54, 1.807) is 0 Å². The maximum Gasteiger partial charge on any atom is 0.264 e. The van der Waals surface area contributed by atoms with Crippen molar-refractivity contribution in [2.24, 2.45) is 0 Å². The Hall–Kier alpha value is -2.06. The lowest BCUT2D eigenvalue weighted by atomic mass is 10.3. The van der Waals surface area contributed by atoms with Crippen molar-refractivity contribution < 1.29 is 13.2 Å². The summed E-state index contributed by atoms with van der Waals surface area (Å²) >= 11 is 5.74. The van der Waals surface area contributed by atoms with E-state index < -0.39 is 10.0 Å². The van der Waals surface area contributed by atoms with E-state index in [0.29, 0.717) is 5.69 Å². The van der Waals surface area contributed by atoms with Crippen LogP contribution in [0.15, 0.2) is 35.2 Å². The molecule has 0 saturated heterocycles. The molecule has 0 spiro atoms. The van der Waals surface area contributed by atoms with Crippen LogP contribution in [0.1, 0.15) is 0 Å². The summed E-state index contributed by atoms with van der Waals surface area (Å²) in [6.07, 6.45) is 0. The molecule has 7 nitrogen and oxygen atoms in total. The number of nitrogens with two attached hydrogens (primary N) is 1. The summed E-state index contributed by atoms with van der Waals surface area (Å²) in [6, 6.07) is 7.07. The Morgan fingerprint density at radius 1 is 1.25 bits per heavy atom. The predicted octanol–water partition coefficient (Wildman–Crippen LogP) is 1.52. The largest absolute Gasteiger partial charge is 0.481 e. The Kier molecular flexibility index (Phi) is 3.96. The van der Waals surface area contributed by atoms with Crippen molar-refractivity contribution in [3.8, 4) is 5.88 Å². The molecule has 0 fully saturated rings. The van der Waals surface area contributed by atoms with Crippen molar-refractivity contribution in [3.63, 3.8) is 0 Å². The lowest BCUT2D eigenvalue weighted by molar-refractivity contribution is 0.397. The Bertz CT molecular complexity index is 719. The fraction of sp³-hybridized carbons (Fsp3) is 0.0909. The van der Waals surface area contributed by atoms with Crippen molar-refractivity contribution in [1.82, 2.24) is 9.97 Å². The first-order valence-corrected chi connectivity index (χ1v) is 7.24. The summed E-state index contributed by atoms with van der Waals surface area (Å²) in [4.78, 5) is 7.65. The number of nitrogen functional groups attached to an aromatic ring is 1. The summed E-state index contributed by atoms with van der Waals surface area (Å²) in [5.41, 5.74) is 5.97. The standard InChI is InChI=1S/C11H11ClN4O3S/c1-19-10-6-9(12)14-11(15-10)16-20(17,18)8-4-2-7(13)3-5-8/h2-6H,13H2,1H3,(H,14,15,16). The maximum absolute atomic E-state index is 12.1. The normalized spacial score (nSPS) is 11.1. The Morgan fingerprint density at radius 3 is 2.50 bits per heavy atom. The van der Waals surface area contributed by atoms with Crippen LogP contribution in [0.5, 0.6) is 5.88 Å². The zero-order valence-electron chi connectivity index (χ0n) is 10.4. The highest BCUT2D eigenvalue weighted by Crippen LogP contribution is 2.19. The van der Waals surface area contributed by atoms with Gasteiger partial charge in [0.25, 0.3) is 10.0 Å². The first-order valence-electron chi connectivity index (χ1n) is 5.37. The molecule has 106 valence electrons. The smallest absolute Gasteiger partial charge is 0.264 e. The molecule has 0 aliphatic heterocycles.